The van der Waals surface area contributed by atoms with Crippen LogP contribution in [0.3, 0.4) is 0 Å². The number of ether oxygens (including phenoxy) is 1. The second-order valence-corrected chi connectivity index (χ2v) is 6.79. The Balaban J connectivity index is 1.72. The highest BCUT2D eigenvalue weighted by Crippen LogP contribution is 2.31. The van der Waals surface area contributed by atoms with Crippen LogP contribution in [0.25, 0.3) is 0 Å². The van der Waals surface area contributed by atoms with Crippen LogP contribution in [-0.4, -0.2) is 35.7 Å². The molecule has 3 heterocycles. The summed E-state index contributed by atoms with van der Waals surface area (Å²) in [7, 11) is 0. The summed E-state index contributed by atoms with van der Waals surface area (Å²) < 4.78 is 5.61. The first-order chi connectivity index (χ1) is 12.7. The highest BCUT2D eigenvalue weighted by Gasteiger charge is 2.29. The van der Waals surface area contributed by atoms with Gasteiger partial charge in [0.05, 0.1) is 31.5 Å². The van der Waals surface area contributed by atoms with E-state index in [0.29, 0.717) is 36.3 Å². The number of anilines is 1. The number of amides is 1. The minimum atomic E-state index is -0.215. The van der Waals surface area contributed by atoms with E-state index in [-0.39, 0.29) is 11.9 Å². The van der Waals surface area contributed by atoms with Gasteiger partial charge in [-0.15, -0.1) is 0 Å². The predicted molar refractivity (Wildman–Crippen MR) is 104 cm³/mol. The van der Waals surface area contributed by atoms with Crippen molar-refractivity contribution in [1.29, 1.82) is 0 Å². The van der Waals surface area contributed by atoms with Crippen molar-refractivity contribution in [1.82, 2.24) is 15.6 Å². The van der Waals surface area contributed by atoms with Gasteiger partial charge in [0.2, 0.25) is 0 Å². The molecule has 1 unspecified atom stereocenters. The van der Waals surface area contributed by atoms with Crippen LogP contribution in [0.2, 0.25) is 5.02 Å². The van der Waals surface area contributed by atoms with Crippen molar-refractivity contribution in [3.05, 3.63) is 58.1 Å². The molecule has 0 spiro atoms. The van der Waals surface area contributed by atoms with Crippen LogP contribution in [0.1, 0.15) is 27.7 Å². The summed E-state index contributed by atoms with van der Waals surface area (Å²) in [5, 5.41) is 9.58. The molecule has 4 rings (SSSR count). The lowest BCUT2D eigenvalue weighted by molar-refractivity contribution is 0.0766. The number of hydrogen-bond acceptors (Lipinski definition) is 5. The molecule has 1 fully saturated rings. The summed E-state index contributed by atoms with van der Waals surface area (Å²) in [6.45, 7) is 2.61. The lowest BCUT2D eigenvalue weighted by Crippen LogP contribution is -2.41. The Morgan fingerprint density at radius 2 is 2.27 bits per heavy atom. The maximum atomic E-state index is 12.2. The molecule has 1 amide bonds. The molecule has 8 heteroatoms. The molecule has 1 aromatic carbocycles. The van der Waals surface area contributed by atoms with E-state index in [2.05, 4.69) is 20.6 Å². The first-order valence-electron chi connectivity index (χ1n) is 8.28. The third-order valence-electron chi connectivity index (χ3n) is 4.57. The third kappa shape index (κ3) is 3.16. The monoisotopic (exact) mass is 388 g/mol. The van der Waals surface area contributed by atoms with Crippen LogP contribution in [-0.2, 0) is 11.3 Å². The molecule has 0 saturated carbocycles. The number of nitrogens with one attached hydrogen (secondary N) is 3. The fraction of sp³-hybridized carbons (Fsp3) is 0.278. The van der Waals surface area contributed by atoms with Gasteiger partial charge in [0, 0.05) is 17.8 Å². The van der Waals surface area contributed by atoms with E-state index in [0.717, 1.165) is 23.4 Å². The standard InChI is InChI=1S/C18H17ClN4O2S/c19-12-2-1-11(13(7-12)14-9-25-6-5-20-14)8-23-15-3-4-21-17(15)18(24)22-16(23)10-26/h1-4,7,14,20-21H,5-6,8-9H2,(H,22,24). The van der Waals surface area contributed by atoms with Crippen molar-refractivity contribution in [3.63, 3.8) is 0 Å². The zero-order valence-corrected chi connectivity index (χ0v) is 15.4. The molecule has 2 aromatic rings. The van der Waals surface area contributed by atoms with E-state index in [1.165, 1.54) is 0 Å². The van der Waals surface area contributed by atoms with E-state index >= 15 is 0 Å². The Kier molecular flexibility index (Phi) is 4.80. The molecule has 0 aliphatic carbocycles. The normalized spacial score (nSPS) is 19.7. The second-order valence-electron chi connectivity index (χ2n) is 6.15. The van der Waals surface area contributed by atoms with Crippen molar-refractivity contribution in [2.75, 3.05) is 24.7 Å². The summed E-state index contributed by atoms with van der Waals surface area (Å²) in [5.74, 6) is 0.248. The molecule has 134 valence electrons. The number of nitrogens with zero attached hydrogens (tertiary/aromatic N) is 1. The van der Waals surface area contributed by atoms with Crippen molar-refractivity contribution in [2.45, 2.75) is 12.6 Å². The molecule has 26 heavy (non-hydrogen) atoms. The van der Waals surface area contributed by atoms with E-state index in [9.17, 15) is 4.79 Å². The topological polar surface area (TPSA) is 69.4 Å². The van der Waals surface area contributed by atoms with Crippen LogP contribution in [0.15, 0.2) is 36.3 Å². The Hall–Kier alpha value is -2.15. The van der Waals surface area contributed by atoms with Crippen molar-refractivity contribution in [2.24, 2.45) is 0 Å². The molecule has 1 atom stereocenters. The molecule has 1 aromatic heterocycles. The van der Waals surface area contributed by atoms with Gasteiger partial charge in [0.25, 0.3) is 5.91 Å². The minimum absolute atomic E-state index is 0.0717. The van der Waals surface area contributed by atoms with Gasteiger partial charge in [0.1, 0.15) is 5.69 Å². The molecular weight excluding hydrogens is 372 g/mol. The number of aromatic nitrogens is 1. The molecule has 0 radical (unpaired) electrons. The Morgan fingerprint density at radius 1 is 1.38 bits per heavy atom. The maximum absolute atomic E-state index is 12.2. The number of morpholine rings is 1. The summed E-state index contributed by atoms with van der Waals surface area (Å²) >= 11 is 11.2. The lowest BCUT2D eigenvalue weighted by Gasteiger charge is -2.32. The lowest BCUT2D eigenvalue weighted by atomic mass is 9.99. The molecule has 1 saturated heterocycles. The SMILES string of the molecule is O=C1NC(=C=S)N(Cc2ccc(Cl)cc2C2COCCN2)c2cc[nH]c21. The molecular formula is C18H17ClN4O2S. The zero-order chi connectivity index (χ0) is 18.1. The minimum Gasteiger partial charge on any atom is -0.378 e. The molecule has 6 nitrogen and oxygen atoms in total. The number of carbonyl (C=O) groups is 1. The van der Waals surface area contributed by atoms with Gasteiger partial charge >= 0.3 is 0 Å². The van der Waals surface area contributed by atoms with Gasteiger partial charge in [-0.1, -0.05) is 17.7 Å². The number of H-pyrrole nitrogens is 1. The van der Waals surface area contributed by atoms with E-state index in [4.69, 9.17) is 28.6 Å². The number of halogens is 1. The largest absolute Gasteiger partial charge is 0.378 e. The highest BCUT2D eigenvalue weighted by atomic mass is 35.5. The van der Waals surface area contributed by atoms with Gasteiger partial charge in [-0.3, -0.25) is 10.1 Å². The van der Waals surface area contributed by atoms with Gasteiger partial charge in [-0.2, -0.15) is 0 Å². The molecule has 2 aliphatic rings. The number of aromatic amines is 1. The van der Waals surface area contributed by atoms with Gasteiger partial charge in [-0.05, 0) is 46.6 Å². The predicted octanol–water partition coefficient (Wildman–Crippen LogP) is 2.52. The van der Waals surface area contributed by atoms with Crippen LogP contribution < -0.4 is 15.5 Å². The van der Waals surface area contributed by atoms with Crippen molar-refractivity contribution in [3.8, 4) is 0 Å². The number of hydrogen-bond donors (Lipinski definition) is 3. The number of fused-ring (bicyclic) bond motifs is 1. The van der Waals surface area contributed by atoms with E-state index in [1.54, 1.807) is 6.20 Å². The average Bonchev–Trinajstić information content (AvgIpc) is 3.16. The number of carbonyl (C=O) groups excluding carboxylic acids is 1. The number of rotatable bonds is 3. The Morgan fingerprint density at radius 3 is 3.04 bits per heavy atom. The van der Waals surface area contributed by atoms with E-state index < -0.39 is 0 Å². The van der Waals surface area contributed by atoms with Crippen molar-refractivity contribution >= 4 is 40.4 Å². The van der Waals surface area contributed by atoms with Gasteiger partial charge in [-0.25, -0.2) is 0 Å². The molecule has 0 bridgehead atoms. The smallest absolute Gasteiger partial charge is 0.275 e. The van der Waals surface area contributed by atoms with Crippen molar-refractivity contribution < 1.29 is 9.53 Å². The first kappa shape index (κ1) is 17.3. The quantitative estimate of drug-likeness (QED) is 0.705. The van der Waals surface area contributed by atoms with Gasteiger partial charge in [0.15, 0.2) is 5.82 Å². The fourth-order valence-electron chi connectivity index (χ4n) is 3.34. The summed E-state index contributed by atoms with van der Waals surface area (Å²) in [4.78, 5) is 17.1. The second kappa shape index (κ2) is 7.23. The maximum Gasteiger partial charge on any atom is 0.275 e. The van der Waals surface area contributed by atoms with Crippen LogP contribution in [0.4, 0.5) is 5.69 Å². The summed E-state index contributed by atoms with van der Waals surface area (Å²) in [6, 6.07) is 7.76. The number of benzene rings is 1. The summed E-state index contributed by atoms with van der Waals surface area (Å²) in [5.41, 5.74) is 3.43. The Bertz CT molecular complexity index is 900. The van der Waals surface area contributed by atoms with Crippen LogP contribution in [0, 0.1) is 0 Å². The fourth-order valence-corrected chi connectivity index (χ4v) is 3.68. The van der Waals surface area contributed by atoms with Gasteiger partial charge < -0.3 is 19.9 Å². The first-order valence-corrected chi connectivity index (χ1v) is 9.07. The van der Waals surface area contributed by atoms with E-state index in [1.807, 2.05) is 29.2 Å². The zero-order valence-electron chi connectivity index (χ0n) is 13.8. The molecule has 3 N–H and O–H groups in total. The van der Waals surface area contributed by atoms with Crippen LogP contribution >= 0.6 is 23.8 Å². The van der Waals surface area contributed by atoms with Crippen LogP contribution in [0.5, 0.6) is 0 Å². The Labute approximate surface area is 161 Å². The average molecular weight is 389 g/mol. The summed E-state index contributed by atoms with van der Waals surface area (Å²) in [6.07, 6.45) is 1.74. The highest BCUT2D eigenvalue weighted by molar-refractivity contribution is 7.78. The third-order valence-corrected chi connectivity index (χ3v) is 5.00. The number of thiocarbonyl (C=S) groups is 1. The molecule has 2 aliphatic heterocycles.